The lowest BCUT2D eigenvalue weighted by atomic mass is 9.95. The minimum absolute atomic E-state index is 0.0634. The normalized spacial score (nSPS) is 12.3. The van der Waals surface area contributed by atoms with Crippen LogP contribution in [0.15, 0.2) is 42.5 Å². The van der Waals surface area contributed by atoms with Crippen LogP contribution >= 0.6 is 11.8 Å². The number of fused-ring (bicyclic) bond motifs is 1. The van der Waals surface area contributed by atoms with Crippen LogP contribution in [0.25, 0.3) is 10.8 Å². The number of benzene rings is 2. The topological polar surface area (TPSA) is 54.4 Å². The Kier molecular flexibility index (Phi) is 4.22. The average molecular weight is 274 g/mol. The first-order valence-electron chi connectivity index (χ1n) is 5.93. The van der Waals surface area contributed by atoms with Crippen LogP contribution in [-0.4, -0.2) is 21.9 Å². The molecule has 0 aliphatic heterocycles. The van der Waals surface area contributed by atoms with Crippen LogP contribution in [0.3, 0.4) is 0 Å². The van der Waals surface area contributed by atoms with Crippen molar-refractivity contribution in [3.05, 3.63) is 48.0 Å². The lowest BCUT2D eigenvalue weighted by Gasteiger charge is -2.14. The van der Waals surface area contributed by atoms with E-state index < -0.39 is 11.9 Å². The SMILES string of the molecule is CC(=O)SCC(C(=O)O)c1cccc2ccccc12. The number of aliphatic carboxylic acids is 1. The standard InChI is InChI=1S/C15H14O3S/c1-10(16)19-9-14(15(17)18)13-8-4-6-11-5-2-3-7-12(11)13/h2-8,14H,9H2,1H3,(H,17,18). The number of carbonyl (C=O) groups excluding carboxylic acids is 1. The molecule has 1 atom stereocenters. The third-order valence-corrected chi connectivity index (χ3v) is 3.86. The molecule has 4 heteroatoms. The Hall–Kier alpha value is -1.81. The zero-order chi connectivity index (χ0) is 13.8. The zero-order valence-electron chi connectivity index (χ0n) is 10.5. The lowest BCUT2D eigenvalue weighted by molar-refractivity contribution is -0.138. The van der Waals surface area contributed by atoms with Crippen LogP contribution in [0, 0.1) is 0 Å². The molecule has 0 radical (unpaired) electrons. The van der Waals surface area contributed by atoms with Crippen molar-refractivity contribution in [3.63, 3.8) is 0 Å². The maximum atomic E-state index is 11.4. The number of hydrogen-bond acceptors (Lipinski definition) is 3. The van der Waals surface area contributed by atoms with Crippen LogP contribution < -0.4 is 0 Å². The summed E-state index contributed by atoms with van der Waals surface area (Å²) in [4.78, 5) is 22.5. The molecule has 0 heterocycles. The molecule has 0 amide bonds. The summed E-state index contributed by atoms with van der Waals surface area (Å²) >= 11 is 1.05. The molecular weight excluding hydrogens is 260 g/mol. The summed E-state index contributed by atoms with van der Waals surface area (Å²) in [6.45, 7) is 1.45. The first-order chi connectivity index (χ1) is 9.09. The molecule has 0 bridgehead atoms. The fourth-order valence-corrected chi connectivity index (χ4v) is 2.77. The molecule has 1 N–H and O–H groups in total. The van der Waals surface area contributed by atoms with Gasteiger partial charge in [-0.1, -0.05) is 54.2 Å². The second kappa shape index (κ2) is 5.89. The molecule has 0 saturated heterocycles. The third-order valence-electron chi connectivity index (χ3n) is 2.95. The first kappa shape index (κ1) is 13.6. The Morgan fingerprint density at radius 1 is 1.16 bits per heavy atom. The van der Waals surface area contributed by atoms with Crippen molar-refractivity contribution in [2.24, 2.45) is 0 Å². The third kappa shape index (κ3) is 3.15. The van der Waals surface area contributed by atoms with E-state index in [1.165, 1.54) is 6.92 Å². The van der Waals surface area contributed by atoms with Crippen molar-refractivity contribution >= 4 is 33.6 Å². The Morgan fingerprint density at radius 3 is 2.53 bits per heavy atom. The summed E-state index contributed by atoms with van der Waals surface area (Å²) in [5.74, 6) is -1.30. The lowest BCUT2D eigenvalue weighted by Crippen LogP contribution is -2.15. The van der Waals surface area contributed by atoms with E-state index in [2.05, 4.69) is 0 Å². The number of thioether (sulfide) groups is 1. The van der Waals surface area contributed by atoms with E-state index in [-0.39, 0.29) is 10.9 Å². The van der Waals surface area contributed by atoms with E-state index >= 15 is 0 Å². The van der Waals surface area contributed by atoms with E-state index in [0.29, 0.717) is 0 Å². The molecule has 0 fully saturated rings. The van der Waals surface area contributed by atoms with E-state index in [1.54, 1.807) is 0 Å². The van der Waals surface area contributed by atoms with Gasteiger partial charge in [0.1, 0.15) is 0 Å². The van der Waals surface area contributed by atoms with Gasteiger partial charge in [0.05, 0.1) is 5.92 Å². The minimum Gasteiger partial charge on any atom is -0.481 e. The van der Waals surface area contributed by atoms with Gasteiger partial charge in [-0.2, -0.15) is 0 Å². The Balaban J connectivity index is 2.44. The van der Waals surface area contributed by atoms with Crippen molar-refractivity contribution in [1.29, 1.82) is 0 Å². The van der Waals surface area contributed by atoms with Crippen molar-refractivity contribution in [2.75, 3.05) is 5.75 Å². The molecular formula is C15H14O3S. The van der Waals surface area contributed by atoms with Gasteiger partial charge in [-0.3, -0.25) is 9.59 Å². The maximum absolute atomic E-state index is 11.4. The van der Waals surface area contributed by atoms with Gasteiger partial charge in [0.15, 0.2) is 5.12 Å². The molecule has 1 unspecified atom stereocenters. The van der Waals surface area contributed by atoms with E-state index in [9.17, 15) is 14.7 Å². The maximum Gasteiger partial charge on any atom is 0.311 e. The molecule has 0 aromatic heterocycles. The molecule has 2 aromatic rings. The van der Waals surface area contributed by atoms with Gasteiger partial charge in [-0.05, 0) is 16.3 Å². The Bertz CT molecular complexity index is 616. The first-order valence-corrected chi connectivity index (χ1v) is 6.92. The van der Waals surface area contributed by atoms with Crippen LogP contribution in [0.2, 0.25) is 0 Å². The minimum atomic E-state index is -0.898. The smallest absolute Gasteiger partial charge is 0.311 e. The monoisotopic (exact) mass is 274 g/mol. The van der Waals surface area contributed by atoms with Gasteiger partial charge < -0.3 is 5.11 Å². The van der Waals surface area contributed by atoms with Gasteiger partial charge in [-0.15, -0.1) is 0 Å². The zero-order valence-corrected chi connectivity index (χ0v) is 11.3. The number of rotatable bonds is 4. The number of carbonyl (C=O) groups is 2. The van der Waals surface area contributed by atoms with Crippen molar-refractivity contribution < 1.29 is 14.7 Å². The molecule has 0 aliphatic rings. The summed E-state index contributed by atoms with van der Waals surface area (Å²) in [5, 5.41) is 11.3. The summed E-state index contributed by atoms with van der Waals surface area (Å²) in [5.41, 5.74) is 0.763. The van der Waals surface area contributed by atoms with Crippen LogP contribution in [0.1, 0.15) is 18.4 Å². The van der Waals surface area contributed by atoms with E-state index in [1.807, 2.05) is 42.5 Å². The predicted molar refractivity (Wildman–Crippen MR) is 77.5 cm³/mol. The number of carboxylic acid groups (broad SMARTS) is 1. The summed E-state index contributed by atoms with van der Waals surface area (Å²) < 4.78 is 0. The van der Waals surface area contributed by atoms with Crippen molar-refractivity contribution in [2.45, 2.75) is 12.8 Å². The quantitative estimate of drug-likeness (QED) is 0.929. The average Bonchev–Trinajstić information content (AvgIpc) is 2.38. The summed E-state index contributed by atoms with van der Waals surface area (Å²) in [7, 11) is 0. The number of carboxylic acids is 1. The second-order valence-corrected chi connectivity index (χ2v) is 5.46. The molecule has 98 valence electrons. The Morgan fingerprint density at radius 2 is 1.84 bits per heavy atom. The van der Waals surface area contributed by atoms with Gasteiger partial charge in [0.25, 0.3) is 0 Å². The summed E-state index contributed by atoms with van der Waals surface area (Å²) in [6, 6.07) is 13.3. The molecule has 3 nitrogen and oxygen atoms in total. The van der Waals surface area contributed by atoms with Gasteiger partial charge in [-0.25, -0.2) is 0 Å². The number of hydrogen-bond donors (Lipinski definition) is 1. The molecule has 2 aromatic carbocycles. The molecule has 0 spiro atoms. The predicted octanol–water partition coefficient (Wildman–Crippen LogP) is 3.29. The van der Waals surface area contributed by atoms with E-state index in [0.717, 1.165) is 28.1 Å². The molecule has 2 rings (SSSR count). The molecule has 0 aliphatic carbocycles. The largest absolute Gasteiger partial charge is 0.481 e. The fourth-order valence-electron chi connectivity index (χ4n) is 2.05. The highest BCUT2D eigenvalue weighted by molar-refractivity contribution is 8.13. The highest BCUT2D eigenvalue weighted by Gasteiger charge is 2.22. The highest BCUT2D eigenvalue weighted by atomic mass is 32.2. The molecule has 19 heavy (non-hydrogen) atoms. The highest BCUT2D eigenvalue weighted by Crippen LogP contribution is 2.28. The van der Waals surface area contributed by atoms with Gasteiger partial charge in [0, 0.05) is 12.7 Å². The van der Waals surface area contributed by atoms with Crippen LogP contribution in [0.5, 0.6) is 0 Å². The molecule has 0 saturated carbocycles. The Labute approximate surface area is 115 Å². The van der Waals surface area contributed by atoms with Crippen molar-refractivity contribution in [3.8, 4) is 0 Å². The van der Waals surface area contributed by atoms with Gasteiger partial charge in [0.2, 0.25) is 0 Å². The second-order valence-electron chi connectivity index (χ2n) is 4.26. The van der Waals surface area contributed by atoms with Crippen LogP contribution in [-0.2, 0) is 9.59 Å². The fraction of sp³-hybridized carbons (Fsp3) is 0.200. The summed E-state index contributed by atoms with van der Waals surface area (Å²) in [6.07, 6.45) is 0. The van der Waals surface area contributed by atoms with Crippen molar-refractivity contribution in [1.82, 2.24) is 0 Å². The van der Waals surface area contributed by atoms with Gasteiger partial charge >= 0.3 is 5.97 Å². The van der Waals surface area contributed by atoms with E-state index in [4.69, 9.17) is 0 Å². The van der Waals surface area contributed by atoms with Crippen LogP contribution in [0.4, 0.5) is 0 Å².